The number of nitrogens with one attached hydrogen (secondary N) is 1. The molecular weight excluding hydrogens is 168 g/mol. The molecule has 0 spiro atoms. The van der Waals surface area contributed by atoms with Gasteiger partial charge in [0, 0.05) is 6.54 Å². The van der Waals surface area contributed by atoms with Crippen LogP contribution in [-0.4, -0.2) is 22.6 Å². The van der Waals surface area contributed by atoms with Gasteiger partial charge >= 0.3 is 0 Å². The van der Waals surface area contributed by atoms with E-state index in [1.54, 1.807) is 6.08 Å². The molecule has 1 aromatic rings. The zero-order chi connectivity index (χ0) is 9.68. The maximum Gasteiger partial charge on any atom is 0.272 e. The molecule has 1 amide bonds. The Labute approximate surface area is 75.7 Å². The van der Waals surface area contributed by atoms with Crippen LogP contribution in [0.1, 0.15) is 10.5 Å². The molecule has 0 saturated heterocycles. The van der Waals surface area contributed by atoms with Gasteiger partial charge in [-0.15, -0.1) is 16.8 Å². The van der Waals surface area contributed by atoms with E-state index in [4.69, 9.17) is 5.73 Å². The summed E-state index contributed by atoms with van der Waals surface area (Å²) in [5, 5.41) is 9.73. The van der Waals surface area contributed by atoms with Crippen molar-refractivity contribution in [2.24, 2.45) is 0 Å². The summed E-state index contributed by atoms with van der Waals surface area (Å²) in [6.45, 7) is 3.88. The summed E-state index contributed by atoms with van der Waals surface area (Å²) in [5.74, 6) is 0.00710. The first-order chi connectivity index (χ1) is 6.24. The lowest BCUT2D eigenvalue weighted by Crippen LogP contribution is -2.24. The number of carbonyl (C=O) groups excluding carboxylic acids is 1. The first kappa shape index (κ1) is 9.18. The lowest BCUT2D eigenvalue weighted by Gasteiger charge is -1.99. The van der Waals surface area contributed by atoms with Crippen molar-refractivity contribution in [3.63, 3.8) is 0 Å². The van der Waals surface area contributed by atoms with Gasteiger partial charge in [0.05, 0.1) is 0 Å². The molecule has 0 bridgehead atoms. The molecule has 5 nitrogen and oxygen atoms in total. The molecule has 0 aliphatic rings. The van der Waals surface area contributed by atoms with Crippen molar-refractivity contribution in [2.75, 3.05) is 12.3 Å². The van der Waals surface area contributed by atoms with Crippen LogP contribution >= 0.6 is 0 Å². The average molecular weight is 178 g/mol. The topological polar surface area (TPSA) is 80.9 Å². The van der Waals surface area contributed by atoms with Gasteiger partial charge in [-0.2, -0.15) is 0 Å². The second-order valence-electron chi connectivity index (χ2n) is 2.34. The first-order valence-corrected chi connectivity index (χ1v) is 3.72. The fraction of sp³-hybridized carbons (Fsp3) is 0.125. The lowest BCUT2D eigenvalue weighted by atomic mass is 10.3. The molecule has 5 heteroatoms. The van der Waals surface area contributed by atoms with Gasteiger partial charge in [-0.25, -0.2) is 0 Å². The summed E-state index contributed by atoms with van der Waals surface area (Å²) in [7, 11) is 0. The minimum Gasteiger partial charge on any atom is -0.382 e. The van der Waals surface area contributed by atoms with Crippen molar-refractivity contribution in [1.82, 2.24) is 15.5 Å². The highest BCUT2D eigenvalue weighted by atomic mass is 16.1. The number of anilines is 1. The molecular formula is C8H10N4O. The van der Waals surface area contributed by atoms with Gasteiger partial charge in [0.25, 0.3) is 5.91 Å². The Kier molecular flexibility index (Phi) is 2.97. The molecule has 0 radical (unpaired) electrons. The Balaban J connectivity index is 2.66. The number of nitrogens with zero attached hydrogens (tertiary/aromatic N) is 2. The van der Waals surface area contributed by atoms with Crippen molar-refractivity contribution in [1.29, 1.82) is 0 Å². The number of carbonyl (C=O) groups is 1. The van der Waals surface area contributed by atoms with Crippen LogP contribution in [0.25, 0.3) is 0 Å². The van der Waals surface area contributed by atoms with Crippen molar-refractivity contribution in [3.8, 4) is 0 Å². The van der Waals surface area contributed by atoms with E-state index >= 15 is 0 Å². The summed E-state index contributed by atoms with van der Waals surface area (Å²) in [6, 6.07) is 3.04. The van der Waals surface area contributed by atoms with E-state index < -0.39 is 0 Å². The highest BCUT2D eigenvalue weighted by molar-refractivity contribution is 5.92. The van der Waals surface area contributed by atoms with E-state index in [0.717, 1.165) is 0 Å². The molecule has 0 saturated carbocycles. The second-order valence-corrected chi connectivity index (χ2v) is 2.34. The molecule has 0 aromatic carbocycles. The van der Waals surface area contributed by atoms with Crippen LogP contribution < -0.4 is 11.1 Å². The van der Waals surface area contributed by atoms with Gasteiger partial charge in [-0.3, -0.25) is 4.79 Å². The summed E-state index contributed by atoms with van der Waals surface area (Å²) in [4.78, 5) is 11.2. The molecule has 0 aliphatic carbocycles. The maximum absolute atomic E-state index is 11.2. The van der Waals surface area contributed by atoms with Gasteiger partial charge < -0.3 is 11.1 Å². The second kappa shape index (κ2) is 4.20. The van der Waals surface area contributed by atoms with Crippen LogP contribution in [0.15, 0.2) is 24.8 Å². The first-order valence-electron chi connectivity index (χ1n) is 3.72. The number of hydrogen-bond donors (Lipinski definition) is 2. The molecule has 0 unspecified atom stereocenters. The summed E-state index contributed by atoms with van der Waals surface area (Å²) >= 11 is 0. The monoisotopic (exact) mass is 178 g/mol. The smallest absolute Gasteiger partial charge is 0.272 e. The number of amides is 1. The summed E-state index contributed by atoms with van der Waals surface area (Å²) < 4.78 is 0. The van der Waals surface area contributed by atoms with Gasteiger partial charge in [0.2, 0.25) is 0 Å². The minimum absolute atomic E-state index is 0.246. The van der Waals surface area contributed by atoms with Crippen LogP contribution in [0.2, 0.25) is 0 Å². The standard InChI is InChI=1S/C8H10N4O/c1-2-5-10-8(13)6-3-4-7(9)12-11-6/h2-4H,1,5H2,(H2,9,12)(H,10,13). The van der Waals surface area contributed by atoms with Crippen LogP contribution in [0.5, 0.6) is 0 Å². The molecule has 13 heavy (non-hydrogen) atoms. The fourth-order valence-electron chi connectivity index (χ4n) is 0.719. The minimum atomic E-state index is -0.285. The molecule has 68 valence electrons. The SMILES string of the molecule is C=CCNC(=O)c1ccc(N)nn1. The Morgan fingerprint density at radius 1 is 1.62 bits per heavy atom. The Morgan fingerprint density at radius 3 is 2.92 bits per heavy atom. The quantitative estimate of drug-likeness (QED) is 0.637. The molecule has 0 aliphatic heterocycles. The van der Waals surface area contributed by atoms with E-state index in [-0.39, 0.29) is 11.6 Å². The number of rotatable bonds is 3. The van der Waals surface area contributed by atoms with Crippen molar-refractivity contribution >= 4 is 11.7 Å². The van der Waals surface area contributed by atoms with Gasteiger partial charge in [0.1, 0.15) is 5.82 Å². The van der Waals surface area contributed by atoms with Crippen LogP contribution in [0.3, 0.4) is 0 Å². The Bertz CT molecular complexity index is 306. The number of hydrogen-bond acceptors (Lipinski definition) is 4. The highest BCUT2D eigenvalue weighted by Gasteiger charge is 2.04. The molecule has 3 N–H and O–H groups in total. The molecule has 0 atom stereocenters. The van der Waals surface area contributed by atoms with Gasteiger partial charge in [0.15, 0.2) is 5.69 Å². The number of nitrogen functional groups attached to an aromatic ring is 1. The van der Waals surface area contributed by atoms with E-state index in [1.807, 2.05) is 0 Å². The van der Waals surface area contributed by atoms with Crippen LogP contribution in [-0.2, 0) is 0 Å². The molecule has 1 aromatic heterocycles. The number of aromatic nitrogens is 2. The summed E-state index contributed by atoms with van der Waals surface area (Å²) in [6.07, 6.45) is 1.59. The Hall–Kier alpha value is -1.91. The van der Waals surface area contributed by atoms with Gasteiger partial charge in [-0.1, -0.05) is 6.08 Å². The maximum atomic E-state index is 11.2. The van der Waals surface area contributed by atoms with Crippen LogP contribution in [0, 0.1) is 0 Å². The third-order valence-electron chi connectivity index (χ3n) is 1.32. The predicted octanol–water partition coefficient (Wildman–Crippen LogP) is -0.0254. The third kappa shape index (κ3) is 2.55. The summed E-state index contributed by atoms with van der Waals surface area (Å²) in [5.41, 5.74) is 5.55. The molecule has 1 rings (SSSR count). The van der Waals surface area contributed by atoms with E-state index in [2.05, 4.69) is 22.1 Å². The Morgan fingerprint density at radius 2 is 2.38 bits per heavy atom. The largest absolute Gasteiger partial charge is 0.382 e. The predicted molar refractivity (Wildman–Crippen MR) is 49.0 cm³/mol. The van der Waals surface area contributed by atoms with Crippen molar-refractivity contribution < 1.29 is 4.79 Å². The van der Waals surface area contributed by atoms with Gasteiger partial charge in [-0.05, 0) is 12.1 Å². The lowest BCUT2D eigenvalue weighted by molar-refractivity contribution is 0.0952. The van der Waals surface area contributed by atoms with E-state index in [0.29, 0.717) is 12.4 Å². The molecule has 1 heterocycles. The van der Waals surface area contributed by atoms with Crippen molar-refractivity contribution in [2.45, 2.75) is 0 Å². The zero-order valence-corrected chi connectivity index (χ0v) is 7.03. The number of nitrogens with two attached hydrogens (primary N) is 1. The highest BCUT2D eigenvalue weighted by Crippen LogP contribution is 1.96. The normalized spacial score (nSPS) is 9.23. The van der Waals surface area contributed by atoms with Crippen molar-refractivity contribution in [3.05, 3.63) is 30.5 Å². The van der Waals surface area contributed by atoms with E-state index in [1.165, 1.54) is 12.1 Å². The average Bonchev–Trinajstić information content (AvgIpc) is 2.15. The fourth-order valence-corrected chi connectivity index (χ4v) is 0.719. The zero-order valence-electron chi connectivity index (χ0n) is 7.03. The van der Waals surface area contributed by atoms with Crippen LogP contribution in [0.4, 0.5) is 5.82 Å². The third-order valence-corrected chi connectivity index (χ3v) is 1.32. The van der Waals surface area contributed by atoms with E-state index in [9.17, 15) is 4.79 Å². The molecule has 0 fully saturated rings.